The second-order valence-electron chi connectivity index (χ2n) is 7.93. The van der Waals surface area contributed by atoms with E-state index >= 15 is 0 Å². The van der Waals surface area contributed by atoms with Crippen LogP contribution in [0, 0.1) is 0 Å². The number of amides is 2. The smallest absolute Gasteiger partial charge is 0.261 e. The van der Waals surface area contributed by atoms with E-state index in [1.54, 1.807) is 29.4 Å². The standard InChI is InChI=1S/C22H26N6O2S/c1-27(2)12-10-25-20(29)18-17(15-5-3-9-26-21(15)31-18)14-7-11-28(13-14)22(30)16-6-4-8-24-19(16)23/h3-6,8-9,14H,7,10-13H2,1-2H3,(H2,23,24)(H,25,29)/t14-/m0/s1. The normalized spacial score (nSPS) is 16.2. The molecule has 9 heteroatoms. The van der Waals surface area contributed by atoms with Gasteiger partial charge in [0.2, 0.25) is 0 Å². The second-order valence-corrected chi connectivity index (χ2v) is 8.93. The van der Waals surface area contributed by atoms with Crippen LogP contribution < -0.4 is 11.1 Å². The molecule has 1 aliphatic heterocycles. The van der Waals surface area contributed by atoms with Crippen molar-refractivity contribution < 1.29 is 9.59 Å². The highest BCUT2D eigenvalue weighted by Gasteiger charge is 2.33. The van der Waals surface area contributed by atoms with Crippen molar-refractivity contribution in [3.8, 4) is 0 Å². The van der Waals surface area contributed by atoms with Crippen LogP contribution in [0.25, 0.3) is 10.2 Å². The van der Waals surface area contributed by atoms with Gasteiger partial charge in [0.25, 0.3) is 11.8 Å². The Balaban J connectivity index is 1.59. The first-order valence-electron chi connectivity index (χ1n) is 10.3. The molecule has 0 unspecified atom stereocenters. The van der Waals surface area contributed by atoms with Gasteiger partial charge >= 0.3 is 0 Å². The fourth-order valence-electron chi connectivity index (χ4n) is 3.95. The molecule has 1 aliphatic rings. The summed E-state index contributed by atoms with van der Waals surface area (Å²) in [6.07, 6.45) is 4.10. The van der Waals surface area contributed by atoms with E-state index < -0.39 is 0 Å². The molecule has 162 valence electrons. The third-order valence-electron chi connectivity index (χ3n) is 5.51. The third-order valence-corrected chi connectivity index (χ3v) is 6.64. The zero-order chi connectivity index (χ0) is 22.0. The fraction of sp³-hybridized carbons (Fsp3) is 0.364. The van der Waals surface area contributed by atoms with Crippen molar-refractivity contribution in [2.75, 3.05) is 46.0 Å². The number of nitrogen functional groups attached to an aromatic ring is 1. The van der Waals surface area contributed by atoms with Gasteiger partial charge in [-0.2, -0.15) is 0 Å². The van der Waals surface area contributed by atoms with E-state index in [0.717, 1.165) is 28.7 Å². The molecule has 0 bridgehead atoms. The Hall–Kier alpha value is -3.04. The summed E-state index contributed by atoms with van der Waals surface area (Å²) in [4.78, 5) is 39.8. The van der Waals surface area contributed by atoms with Crippen LogP contribution in [-0.4, -0.2) is 71.9 Å². The SMILES string of the molecule is CN(C)CCNC(=O)c1sc2ncccc2c1[C@H]1CCN(C(=O)c2cccnc2N)C1. The zero-order valence-corrected chi connectivity index (χ0v) is 18.5. The van der Waals surface area contributed by atoms with Gasteiger partial charge in [0.1, 0.15) is 10.6 Å². The molecule has 3 N–H and O–H groups in total. The van der Waals surface area contributed by atoms with Gasteiger partial charge in [-0.25, -0.2) is 9.97 Å². The molecule has 0 saturated carbocycles. The number of hydrogen-bond donors (Lipinski definition) is 2. The Morgan fingerprint density at radius 3 is 2.81 bits per heavy atom. The minimum atomic E-state index is -0.122. The monoisotopic (exact) mass is 438 g/mol. The predicted molar refractivity (Wildman–Crippen MR) is 122 cm³/mol. The summed E-state index contributed by atoms with van der Waals surface area (Å²) in [6.45, 7) is 2.48. The first-order valence-corrected chi connectivity index (χ1v) is 11.1. The largest absolute Gasteiger partial charge is 0.383 e. The van der Waals surface area contributed by atoms with Gasteiger partial charge in [0.15, 0.2) is 0 Å². The molecule has 4 heterocycles. The number of thiophene rings is 1. The minimum absolute atomic E-state index is 0.0643. The van der Waals surface area contributed by atoms with Crippen LogP contribution in [0.2, 0.25) is 0 Å². The average molecular weight is 439 g/mol. The Morgan fingerprint density at radius 1 is 1.26 bits per heavy atom. The number of aromatic nitrogens is 2. The molecule has 0 radical (unpaired) electrons. The molecule has 0 spiro atoms. The number of fused-ring (bicyclic) bond motifs is 1. The minimum Gasteiger partial charge on any atom is -0.383 e. The topological polar surface area (TPSA) is 104 Å². The highest BCUT2D eigenvalue weighted by molar-refractivity contribution is 7.20. The lowest BCUT2D eigenvalue weighted by Crippen LogP contribution is -2.32. The number of hydrogen-bond acceptors (Lipinski definition) is 7. The summed E-state index contributed by atoms with van der Waals surface area (Å²) >= 11 is 1.42. The molecular weight excluding hydrogens is 412 g/mol. The molecule has 2 amide bonds. The molecule has 1 saturated heterocycles. The number of nitrogens with two attached hydrogens (primary N) is 1. The first kappa shape index (κ1) is 21.2. The summed E-state index contributed by atoms with van der Waals surface area (Å²) in [5.41, 5.74) is 7.31. The lowest BCUT2D eigenvalue weighted by molar-refractivity contribution is 0.0791. The highest BCUT2D eigenvalue weighted by atomic mass is 32.1. The van der Waals surface area contributed by atoms with Gasteiger partial charge in [-0.1, -0.05) is 6.07 Å². The number of carbonyl (C=O) groups is 2. The van der Waals surface area contributed by atoms with E-state index in [2.05, 4.69) is 15.3 Å². The molecule has 3 aromatic rings. The maximum atomic E-state index is 13.0. The number of nitrogens with zero attached hydrogens (tertiary/aromatic N) is 4. The number of anilines is 1. The quantitative estimate of drug-likeness (QED) is 0.611. The Bertz CT molecular complexity index is 1110. The van der Waals surface area contributed by atoms with Gasteiger partial charge in [0.05, 0.1) is 10.4 Å². The molecular formula is C22H26N6O2S. The van der Waals surface area contributed by atoms with Crippen molar-refractivity contribution >= 4 is 39.2 Å². The van der Waals surface area contributed by atoms with Crippen molar-refractivity contribution in [2.45, 2.75) is 12.3 Å². The zero-order valence-electron chi connectivity index (χ0n) is 17.7. The average Bonchev–Trinajstić information content (AvgIpc) is 3.38. The number of likely N-dealkylation sites (N-methyl/N-ethyl adjacent to an activating group) is 1. The highest BCUT2D eigenvalue weighted by Crippen LogP contribution is 2.39. The maximum absolute atomic E-state index is 13.0. The van der Waals surface area contributed by atoms with E-state index in [1.165, 1.54) is 11.3 Å². The van der Waals surface area contributed by atoms with Gasteiger partial charge in [-0.15, -0.1) is 11.3 Å². The van der Waals surface area contributed by atoms with Crippen LogP contribution in [-0.2, 0) is 0 Å². The van der Waals surface area contributed by atoms with Crippen LogP contribution >= 0.6 is 11.3 Å². The molecule has 3 aromatic heterocycles. The molecule has 1 atom stereocenters. The molecule has 1 fully saturated rings. The van der Waals surface area contributed by atoms with Crippen molar-refractivity contribution in [1.82, 2.24) is 25.1 Å². The van der Waals surface area contributed by atoms with Gasteiger partial charge in [0, 0.05) is 49.9 Å². The molecule has 0 aliphatic carbocycles. The summed E-state index contributed by atoms with van der Waals surface area (Å²) in [5.74, 6) is 0.0976. The van der Waals surface area contributed by atoms with Crippen molar-refractivity contribution in [3.05, 3.63) is 52.7 Å². The fourth-order valence-corrected chi connectivity index (χ4v) is 5.09. The van der Waals surface area contributed by atoms with Crippen LogP contribution in [0.1, 0.15) is 37.9 Å². The molecule has 31 heavy (non-hydrogen) atoms. The number of likely N-dealkylation sites (tertiary alicyclic amines) is 1. The maximum Gasteiger partial charge on any atom is 0.261 e. The van der Waals surface area contributed by atoms with E-state index in [-0.39, 0.29) is 23.6 Å². The van der Waals surface area contributed by atoms with Crippen molar-refractivity contribution in [2.24, 2.45) is 0 Å². The number of pyridine rings is 2. The summed E-state index contributed by atoms with van der Waals surface area (Å²) in [6, 6.07) is 7.31. The van der Waals surface area contributed by atoms with Crippen LogP contribution in [0.3, 0.4) is 0 Å². The summed E-state index contributed by atoms with van der Waals surface area (Å²) < 4.78 is 0. The van der Waals surface area contributed by atoms with Gasteiger partial charge < -0.3 is 20.9 Å². The van der Waals surface area contributed by atoms with Crippen molar-refractivity contribution in [1.29, 1.82) is 0 Å². The Morgan fingerprint density at radius 2 is 2.03 bits per heavy atom. The van der Waals surface area contributed by atoms with E-state index in [0.29, 0.717) is 30.1 Å². The van der Waals surface area contributed by atoms with Crippen LogP contribution in [0.5, 0.6) is 0 Å². The van der Waals surface area contributed by atoms with Crippen LogP contribution in [0.15, 0.2) is 36.7 Å². The lowest BCUT2D eigenvalue weighted by atomic mass is 9.95. The van der Waals surface area contributed by atoms with Gasteiger partial charge in [-0.05, 0) is 44.3 Å². The number of rotatable bonds is 6. The molecule has 0 aromatic carbocycles. The second kappa shape index (κ2) is 8.99. The lowest BCUT2D eigenvalue weighted by Gasteiger charge is -2.18. The predicted octanol–water partition coefficient (Wildman–Crippen LogP) is 2.19. The number of carbonyl (C=O) groups excluding carboxylic acids is 2. The molecule has 8 nitrogen and oxygen atoms in total. The van der Waals surface area contributed by atoms with Crippen molar-refractivity contribution in [3.63, 3.8) is 0 Å². The molecule has 4 rings (SSSR count). The van der Waals surface area contributed by atoms with Crippen LogP contribution in [0.4, 0.5) is 5.82 Å². The van der Waals surface area contributed by atoms with E-state index in [1.807, 2.05) is 31.1 Å². The van der Waals surface area contributed by atoms with Gasteiger partial charge in [-0.3, -0.25) is 9.59 Å². The summed E-state index contributed by atoms with van der Waals surface area (Å²) in [5, 5.41) is 4.01. The third kappa shape index (κ3) is 4.38. The Kier molecular flexibility index (Phi) is 6.15. The Labute approximate surface area is 185 Å². The van der Waals surface area contributed by atoms with E-state index in [4.69, 9.17) is 5.73 Å². The summed E-state index contributed by atoms with van der Waals surface area (Å²) in [7, 11) is 3.94. The first-order chi connectivity index (χ1) is 15.0. The number of nitrogens with one attached hydrogen (secondary N) is 1. The van der Waals surface area contributed by atoms with E-state index in [9.17, 15) is 9.59 Å².